The summed E-state index contributed by atoms with van der Waals surface area (Å²) in [5, 5.41) is 1.37. The van der Waals surface area contributed by atoms with E-state index in [0.717, 1.165) is 0 Å². The molecular formula is C15H22O2Si. The normalized spacial score (nSPS) is 13.6. The minimum Gasteiger partial charge on any atom is -0.469 e. The summed E-state index contributed by atoms with van der Waals surface area (Å²) in [7, 11) is -0.246. The molecule has 0 radical (unpaired) electrons. The van der Waals surface area contributed by atoms with Crippen molar-refractivity contribution in [2.45, 2.75) is 32.0 Å². The van der Waals surface area contributed by atoms with Crippen LogP contribution in [0.2, 0.25) is 18.6 Å². The first kappa shape index (κ1) is 14.7. The number of carbonyl (C=O) groups is 1. The van der Waals surface area contributed by atoms with Crippen LogP contribution < -0.4 is 5.19 Å². The van der Waals surface area contributed by atoms with E-state index in [1.54, 1.807) is 0 Å². The minimum atomic E-state index is -1.70. The van der Waals surface area contributed by atoms with E-state index in [1.165, 1.54) is 12.3 Å². The van der Waals surface area contributed by atoms with E-state index < -0.39 is 8.07 Å². The molecule has 0 aliphatic heterocycles. The molecule has 0 fully saturated rings. The van der Waals surface area contributed by atoms with Gasteiger partial charge in [0, 0.05) is 6.42 Å². The zero-order chi connectivity index (χ0) is 13.6. The zero-order valence-electron chi connectivity index (χ0n) is 11.6. The van der Waals surface area contributed by atoms with Crippen LogP contribution in [0.15, 0.2) is 42.5 Å². The van der Waals surface area contributed by atoms with Gasteiger partial charge in [-0.2, -0.15) is 0 Å². The molecule has 0 bridgehead atoms. The Morgan fingerprint density at radius 3 is 2.44 bits per heavy atom. The first-order valence-electron chi connectivity index (χ1n) is 6.27. The highest BCUT2D eigenvalue weighted by molar-refractivity contribution is 6.91. The van der Waals surface area contributed by atoms with Gasteiger partial charge >= 0.3 is 5.97 Å². The van der Waals surface area contributed by atoms with Crippen molar-refractivity contribution in [1.82, 2.24) is 0 Å². The van der Waals surface area contributed by atoms with E-state index in [2.05, 4.69) is 43.4 Å². The van der Waals surface area contributed by atoms with Gasteiger partial charge in [-0.25, -0.2) is 0 Å². The average molecular weight is 262 g/mol. The van der Waals surface area contributed by atoms with Crippen LogP contribution in [0.25, 0.3) is 0 Å². The second-order valence-corrected chi connectivity index (χ2v) is 9.76. The predicted octanol–water partition coefficient (Wildman–Crippen LogP) is 3.11. The molecule has 3 heteroatoms. The van der Waals surface area contributed by atoms with Crippen LogP contribution in [0.4, 0.5) is 0 Å². The van der Waals surface area contributed by atoms with E-state index >= 15 is 0 Å². The third kappa shape index (κ3) is 3.57. The van der Waals surface area contributed by atoms with Gasteiger partial charge in [0.05, 0.1) is 15.2 Å². The van der Waals surface area contributed by atoms with Gasteiger partial charge in [-0.05, 0) is 12.5 Å². The van der Waals surface area contributed by atoms with Crippen molar-refractivity contribution in [3.63, 3.8) is 0 Å². The van der Waals surface area contributed by atoms with Gasteiger partial charge in [0.25, 0.3) is 0 Å². The second-order valence-electron chi connectivity index (χ2n) is 5.00. The summed E-state index contributed by atoms with van der Waals surface area (Å²) in [4.78, 5) is 11.5. The summed E-state index contributed by atoms with van der Waals surface area (Å²) < 4.78 is 4.81. The SMILES string of the molecule is CC=C[C@@H](CC(=O)OC)[Si](C)(C)c1ccccc1. The van der Waals surface area contributed by atoms with Crippen molar-refractivity contribution in [2.24, 2.45) is 0 Å². The molecule has 1 rings (SSSR count). The van der Waals surface area contributed by atoms with Gasteiger partial charge in [-0.1, -0.05) is 60.8 Å². The number of methoxy groups -OCH3 is 1. The fourth-order valence-electron chi connectivity index (χ4n) is 2.14. The van der Waals surface area contributed by atoms with E-state index in [0.29, 0.717) is 6.42 Å². The van der Waals surface area contributed by atoms with Crippen LogP contribution in [-0.4, -0.2) is 21.2 Å². The Kier molecular flexibility index (Phi) is 5.35. The monoisotopic (exact) mass is 262 g/mol. The minimum absolute atomic E-state index is 0.130. The Balaban J connectivity index is 3.00. The molecule has 2 nitrogen and oxygen atoms in total. The second kappa shape index (κ2) is 6.54. The Morgan fingerprint density at radius 1 is 1.33 bits per heavy atom. The number of benzene rings is 1. The number of hydrogen-bond acceptors (Lipinski definition) is 2. The third-order valence-corrected chi connectivity index (χ3v) is 7.56. The molecule has 0 aromatic heterocycles. The lowest BCUT2D eigenvalue weighted by molar-refractivity contribution is -0.140. The highest BCUT2D eigenvalue weighted by atomic mass is 28.3. The lowest BCUT2D eigenvalue weighted by Gasteiger charge is -2.30. The molecule has 0 aliphatic carbocycles. The summed E-state index contributed by atoms with van der Waals surface area (Å²) in [5.41, 5.74) is 0.275. The molecule has 0 heterocycles. The lowest BCUT2D eigenvalue weighted by Crippen LogP contribution is -2.46. The molecule has 0 aliphatic rings. The molecule has 98 valence electrons. The fraction of sp³-hybridized carbons (Fsp3) is 0.400. The van der Waals surface area contributed by atoms with Crippen molar-refractivity contribution < 1.29 is 9.53 Å². The molecule has 1 aromatic carbocycles. The van der Waals surface area contributed by atoms with Crippen LogP contribution in [-0.2, 0) is 9.53 Å². The van der Waals surface area contributed by atoms with E-state index in [-0.39, 0.29) is 11.5 Å². The maximum absolute atomic E-state index is 11.5. The maximum Gasteiger partial charge on any atom is 0.305 e. The number of hydrogen-bond donors (Lipinski definition) is 0. The van der Waals surface area contributed by atoms with Gasteiger partial charge in [0.2, 0.25) is 0 Å². The Hall–Kier alpha value is -1.35. The quantitative estimate of drug-likeness (QED) is 0.463. The lowest BCUT2D eigenvalue weighted by atomic mass is 10.3. The van der Waals surface area contributed by atoms with Gasteiger partial charge in [-0.15, -0.1) is 0 Å². The fourth-order valence-corrected chi connectivity index (χ4v) is 4.97. The topological polar surface area (TPSA) is 26.3 Å². The van der Waals surface area contributed by atoms with Gasteiger partial charge < -0.3 is 4.74 Å². The first-order chi connectivity index (χ1) is 8.52. The van der Waals surface area contributed by atoms with E-state index in [4.69, 9.17) is 4.74 Å². The van der Waals surface area contributed by atoms with Crippen molar-refractivity contribution >= 4 is 19.2 Å². The highest BCUT2D eigenvalue weighted by Crippen LogP contribution is 2.27. The number of esters is 1. The molecule has 18 heavy (non-hydrogen) atoms. The van der Waals surface area contributed by atoms with Crippen molar-refractivity contribution in [1.29, 1.82) is 0 Å². The summed E-state index contributed by atoms with van der Waals surface area (Å²) in [5.74, 6) is -0.130. The molecule has 1 atom stereocenters. The summed E-state index contributed by atoms with van der Waals surface area (Å²) in [6.45, 7) is 6.60. The maximum atomic E-state index is 11.5. The Bertz CT molecular complexity index is 410. The first-order valence-corrected chi connectivity index (χ1v) is 9.35. The van der Waals surface area contributed by atoms with Crippen LogP contribution in [0.5, 0.6) is 0 Å². The molecule has 0 saturated heterocycles. The average Bonchev–Trinajstić information content (AvgIpc) is 2.39. The predicted molar refractivity (Wildman–Crippen MR) is 78.8 cm³/mol. The summed E-state index contributed by atoms with van der Waals surface area (Å²) in [6, 6.07) is 10.5. The van der Waals surface area contributed by atoms with Gasteiger partial charge in [0.1, 0.15) is 0 Å². The molecule has 0 spiro atoms. The van der Waals surface area contributed by atoms with Crippen molar-refractivity contribution in [3.05, 3.63) is 42.5 Å². The molecule has 0 unspecified atom stereocenters. The molecule has 0 amide bonds. The number of allylic oxidation sites excluding steroid dienone is 2. The van der Waals surface area contributed by atoms with Gasteiger partial charge in [-0.3, -0.25) is 4.79 Å². The number of carbonyl (C=O) groups excluding carboxylic acids is 1. The van der Waals surface area contributed by atoms with E-state index in [9.17, 15) is 4.79 Å². The van der Waals surface area contributed by atoms with Crippen LogP contribution >= 0.6 is 0 Å². The van der Waals surface area contributed by atoms with Crippen LogP contribution in [0.1, 0.15) is 13.3 Å². The summed E-state index contributed by atoms with van der Waals surface area (Å²) in [6.07, 6.45) is 4.65. The Morgan fingerprint density at radius 2 is 1.94 bits per heavy atom. The third-order valence-electron chi connectivity index (χ3n) is 3.48. The largest absolute Gasteiger partial charge is 0.469 e. The number of ether oxygens (including phenoxy) is 1. The van der Waals surface area contributed by atoms with E-state index in [1.807, 2.05) is 19.1 Å². The molecule has 1 aromatic rings. The molecule has 0 saturated carbocycles. The smallest absolute Gasteiger partial charge is 0.305 e. The standard InChI is InChI=1S/C15H22O2Si/c1-5-9-14(12-15(16)17-2)18(3,4)13-10-7-6-8-11-13/h5-11,14H,12H2,1-4H3/t14-/m0/s1. The zero-order valence-corrected chi connectivity index (χ0v) is 12.6. The number of rotatable bonds is 5. The molecule has 0 N–H and O–H groups in total. The van der Waals surface area contributed by atoms with Gasteiger partial charge in [0.15, 0.2) is 0 Å². The Labute approximate surface area is 111 Å². The molecular weight excluding hydrogens is 240 g/mol. The van der Waals surface area contributed by atoms with Crippen LogP contribution in [0, 0.1) is 0 Å². The van der Waals surface area contributed by atoms with Crippen molar-refractivity contribution in [3.8, 4) is 0 Å². The summed E-state index contributed by atoms with van der Waals surface area (Å²) >= 11 is 0. The van der Waals surface area contributed by atoms with Crippen molar-refractivity contribution in [2.75, 3.05) is 7.11 Å². The highest BCUT2D eigenvalue weighted by Gasteiger charge is 2.33. The van der Waals surface area contributed by atoms with Crippen LogP contribution in [0.3, 0.4) is 0 Å².